The summed E-state index contributed by atoms with van der Waals surface area (Å²) in [5.74, 6) is 0. The van der Waals surface area contributed by atoms with Crippen LogP contribution in [-0.2, 0) is 0 Å². The normalized spacial score (nSPS) is 23.2. The largest absolute Gasteiger partial charge is 0.319 e. The van der Waals surface area contributed by atoms with Gasteiger partial charge in [0.05, 0.1) is 0 Å². The third-order valence-corrected chi connectivity index (χ3v) is 2.37. The van der Waals surface area contributed by atoms with E-state index in [4.69, 9.17) is 0 Å². The van der Waals surface area contributed by atoms with E-state index in [1.807, 2.05) is 18.2 Å². The van der Waals surface area contributed by atoms with Crippen molar-refractivity contribution in [1.29, 1.82) is 0 Å². The van der Waals surface area contributed by atoms with E-state index in [9.17, 15) is 0 Å². The predicted molar refractivity (Wildman–Crippen MR) is 50.8 cm³/mol. The summed E-state index contributed by atoms with van der Waals surface area (Å²) in [4.78, 5) is 0. The number of benzene rings is 1. The molecule has 1 saturated heterocycles. The highest BCUT2D eigenvalue weighted by Gasteiger charge is 2.22. The first-order valence-electron chi connectivity index (χ1n) is 4.44. The van der Waals surface area contributed by atoms with Gasteiger partial charge in [-0.05, 0) is 25.5 Å². The van der Waals surface area contributed by atoms with E-state index in [0.717, 1.165) is 6.54 Å². The Bertz CT molecular complexity index is 245. The molecule has 0 radical (unpaired) electrons. The first-order valence-corrected chi connectivity index (χ1v) is 4.44. The Morgan fingerprint density at radius 1 is 1.33 bits per heavy atom. The number of para-hydroxylation sites is 1. The molecule has 64 valence electrons. The Morgan fingerprint density at radius 3 is 2.58 bits per heavy atom. The number of nitrogens with one attached hydrogen (secondary N) is 1. The quantitative estimate of drug-likeness (QED) is 0.716. The summed E-state index contributed by atoms with van der Waals surface area (Å²) < 4.78 is 0. The second-order valence-corrected chi connectivity index (χ2v) is 3.31. The van der Waals surface area contributed by atoms with Crippen LogP contribution in [0.5, 0.6) is 0 Å². The molecule has 0 bridgehead atoms. The van der Waals surface area contributed by atoms with Crippen LogP contribution in [0.25, 0.3) is 0 Å². The minimum Gasteiger partial charge on any atom is -0.319 e. The van der Waals surface area contributed by atoms with Crippen LogP contribution in [0.4, 0.5) is 5.69 Å². The van der Waals surface area contributed by atoms with E-state index in [1.165, 1.54) is 12.1 Å². The van der Waals surface area contributed by atoms with Gasteiger partial charge in [-0.25, -0.2) is 5.01 Å². The molecule has 1 atom stereocenters. The minimum absolute atomic E-state index is 0.685. The molecule has 0 spiro atoms. The van der Waals surface area contributed by atoms with Crippen molar-refractivity contribution in [3.8, 4) is 0 Å². The molecule has 1 aliphatic rings. The van der Waals surface area contributed by atoms with Crippen molar-refractivity contribution in [3.63, 3.8) is 0 Å². The molecule has 1 fully saturated rings. The third kappa shape index (κ3) is 1.43. The van der Waals surface area contributed by atoms with Crippen LogP contribution < -0.4 is 5.43 Å². The molecular formula is C10H14N2. The van der Waals surface area contributed by atoms with E-state index < -0.39 is 0 Å². The van der Waals surface area contributed by atoms with Crippen molar-refractivity contribution in [1.82, 2.24) is 5.01 Å². The molecule has 0 amide bonds. The molecule has 2 rings (SSSR count). The van der Waals surface area contributed by atoms with Crippen molar-refractivity contribution in [2.75, 3.05) is 12.0 Å². The first-order chi connectivity index (χ1) is 5.86. The summed E-state index contributed by atoms with van der Waals surface area (Å²) in [6, 6.07) is 11.0. The van der Waals surface area contributed by atoms with Gasteiger partial charge in [0.2, 0.25) is 0 Å². The summed E-state index contributed by atoms with van der Waals surface area (Å²) >= 11 is 0. The second-order valence-electron chi connectivity index (χ2n) is 3.31. The number of nitrogens with zero attached hydrogens (tertiary/aromatic N) is 1. The second kappa shape index (κ2) is 3.15. The van der Waals surface area contributed by atoms with Gasteiger partial charge in [0.1, 0.15) is 0 Å². The molecule has 2 heteroatoms. The van der Waals surface area contributed by atoms with Gasteiger partial charge >= 0.3 is 0 Å². The van der Waals surface area contributed by atoms with Crippen molar-refractivity contribution < 1.29 is 0 Å². The average Bonchev–Trinajstić information content (AvgIpc) is 2.14. The maximum absolute atomic E-state index is 3.36. The zero-order chi connectivity index (χ0) is 8.39. The average molecular weight is 162 g/mol. The van der Waals surface area contributed by atoms with Gasteiger partial charge in [-0.1, -0.05) is 18.2 Å². The van der Waals surface area contributed by atoms with Gasteiger partial charge in [-0.2, -0.15) is 0 Å². The van der Waals surface area contributed by atoms with Crippen LogP contribution in [0.2, 0.25) is 0 Å². The van der Waals surface area contributed by atoms with E-state index in [2.05, 4.69) is 29.5 Å². The summed E-state index contributed by atoms with van der Waals surface area (Å²) in [5, 5.41) is 2.26. The van der Waals surface area contributed by atoms with Crippen molar-refractivity contribution in [2.24, 2.45) is 0 Å². The van der Waals surface area contributed by atoms with Crippen molar-refractivity contribution in [3.05, 3.63) is 30.3 Å². The molecule has 0 aromatic heterocycles. The Balaban J connectivity index is 1.95. The standard InChI is InChI=1S/C10H14N2/c1-9-7-8-12(9)11-10-5-3-2-4-6-10/h2-6,9,11H,7-8H2,1H3. The fourth-order valence-corrected chi connectivity index (χ4v) is 1.36. The maximum atomic E-state index is 3.36. The van der Waals surface area contributed by atoms with Crippen LogP contribution in [0, 0.1) is 0 Å². The maximum Gasteiger partial charge on any atom is 0.0490 e. The van der Waals surface area contributed by atoms with Gasteiger partial charge in [-0.15, -0.1) is 0 Å². The van der Waals surface area contributed by atoms with Crippen molar-refractivity contribution >= 4 is 5.69 Å². The monoisotopic (exact) mass is 162 g/mol. The summed E-state index contributed by atoms with van der Waals surface area (Å²) in [6.07, 6.45) is 1.31. The number of rotatable bonds is 2. The molecule has 2 nitrogen and oxygen atoms in total. The molecule has 1 aliphatic heterocycles. The Hall–Kier alpha value is -1.02. The van der Waals surface area contributed by atoms with Crippen LogP contribution in [0.15, 0.2) is 30.3 Å². The molecule has 1 aromatic carbocycles. The fraction of sp³-hybridized carbons (Fsp3) is 0.400. The highest BCUT2D eigenvalue weighted by Crippen LogP contribution is 2.17. The van der Waals surface area contributed by atoms with Crippen LogP contribution >= 0.6 is 0 Å². The summed E-state index contributed by atoms with van der Waals surface area (Å²) in [7, 11) is 0. The molecule has 1 N–H and O–H groups in total. The molecule has 12 heavy (non-hydrogen) atoms. The Morgan fingerprint density at radius 2 is 2.08 bits per heavy atom. The smallest absolute Gasteiger partial charge is 0.0490 e. The van der Waals surface area contributed by atoms with E-state index >= 15 is 0 Å². The molecule has 1 unspecified atom stereocenters. The lowest BCUT2D eigenvalue weighted by atomic mass is 10.1. The van der Waals surface area contributed by atoms with Gasteiger partial charge < -0.3 is 5.43 Å². The lowest BCUT2D eigenvalue weighted by Crippen LogP contribution is -2.49. The van der Waals surface area contributed by atoms with Crippen LogP contribution in [0.1, 0.15) is 13.3 Å². The Labute approximate surface area is 73.2 Å². The van der Waals surface area contributed by atoms with E-state index in [1.54, 1.807) is 0 Å². The highest BCUT2D eigenvalue weighted by atomic mass is 15.5. The third-order valence-electron chi connectivity index (χ3n) is 2.37. The number of hydrazine groups is 1. The lowest BCUT2D eigenvalue weighted by Gasteiger charge is -2.39. The summed E-state index contributed by atoms with van der Waals surface area (Å²) in [5.41, 5.74) is 4.55. The van der Waals surface area contributed by atoms with E-state index in [0.29, 0.717) is 6.04 Å². The van der Waals surface area contributed by atoms with Gasteiger partial charge in [0.25, 0.3) is 0 Å². The minimum atomic E-state index is 0.685. The molecule has 1 aromatic rings. The zero-order valence-electron chi connectivity index (χ0n) is 7.33. The van der Waals surface area contributed by atoms with Crippen molar-refractivity contribution in [2.45, 2.75) is 19.4 Å². The van der Waals surface area contributed by atoms with Gasteiger partial charge in [0.15, 0.2) is 0 Å². The predicted octanol–water partition coefficient (Wildman–Crippen LogP) is 2.11. The zero-order valence-corrected chi connectivity index (χ0v) is 7.33. The highest BCUT2D eigenvalue weighted by molar-refractivity contribution is 5.41. The van der Waals surface area contributed by atoms with Gasteiger partial charge in [0, 0.05) is 18.3 Å². The number of hydrogen-bond donors (Lipinski definition) is 1. The van der Waals surface area contributed by atoms with Crippen LogP contribution in [-0.4, -0.2) is 17.6 Å². The Kier molecular flexibility index (Phi) is 2.00. The first kappa shape index (κ1) is 7.62. The van der Waals surface area contributed by atoms with Crippen LogP contribution in [0.3, 0.4) is 0 Å². The molecular weight excluding hydrogens is 148 g/mol. The summed E-state index contributed by atoms with van der Waals surface area (Å²) in [6.45, 7) is 3.40. The topological polar surface area (TPSA) is 15.3 Å². The lowest BCUT2D eigenvalue weighted by molar-refractivity contribution is 0.140. The number of anilines is 1. The molecule has 0 saturated carbocycles. The molecule has 1 heterocycles. The SMILES string of the molecule is CC1CCN1Nc1ccccc1. The van der Waals surface area contributed by atoms with E-state index in [-0.39, 0.29) is 0 Å². The fourth-order valence-electron chi connectivity index (χ4n) is 1.36. The number of hydrogen-bond acceptors (Lipinski definition) is 2. The van der Waals surface area contributed by atoms with Gasteiger partial charge in [-0.3, -0.25) is 0 Å². The molecule has 0 aliphatic carbocycles.